The van der Waals surface area contributed by atoms with Crippen LogP contribution < -0.4 is 5.32 Å². The van der Waals surface area contributed by atoms with Crippen LogP contribution in [-0.4, -0.2) is 22.6 Å². The molecule has 2 aromatic carbocycles. The Labute approximate surface area is 148 Å². The number of halogens is 2. The summed E-state index contributed by atoms with van der Waals surface area (Å²) in [6.45, 7) is 0.175. The van der Waals surface area contributed by atoms with Crippen molar-refractivity contribution in [2.45, 2.75) is 25.9 Å². The first-order valence-corrected chi connectivity index (χ1v) is 8.07. The number of hydrogen-bond donors (Lipinski definition) is 1. The molecule has 134 valence electrons. The van der Waals surface area contributed by atoms with Gasteiger partial charge in [-0.15, -0.1) is 0 Å². The molecule has 5 nitrogen and oxygen atoms in total. The van der Waals surface area contributed by atoms with Gasteiger partial charge in [-0.05, 0) is 35.4 Å². The summed E-state index contributed by atoms with van der Waals surface area (Å²) >= 11 is 0. The van der Waals surface area contributed by atoms with Crippen LogP contribution in [0.4, 0.5) is 8.78 Å². The second-order valence-corrected chi connectivity index (χ2v) is 6.03. The summed E-state index contributed by atoms with van der Waals surface area (Å²) in [4.78, 5) is 36.6. The highest BCUT2D eigenvalue weighted by Gasteiger charge is 2.28. The maximum Gasteiger partial charge on any atom is 0.251 e. The number of nitrogens with one attached hydrogen (secondary N) is 1. The van der Waals surface area contributed by atoms with E-state index >= 15 is 0 Å². The normalized spacial score (nSPS) is 14.0. The summed E-state index contributed by atoms with van der Waals surface area (Å²) in [7, 11) is 0. The van der Waals surface area contributed by atoms with Gasteiger partial charge in [0.05, 0.1) is 6.54 Å². The number of hydrogen-bond acceptors (Lipinski definition) is 3. The lowest BCUT2D eigenvalue weighted by molar-refractivity contribution is -0.139. The van der Waals surface area contributed by atoms with Crippen LogP contribution in [0.15, 0.2) is 42.5 Å². The van der Waals surface area contributed by atoms with Crippen LogP contribution in [-0.2, 0) is 22.7 Å². The molecule has 0 aromatic heterocycles. The smallest absolute Gasteiger partial charge is 0.251 e. The van der Waals surface area contributed by atoms with E-state index in [1.807, 2.05) is 0 Å². The van der Waals surface area contributed by atoms with Gasteiger partial charge in [-0.3, -0.25) is 19.3 Å². The number of amides is 3. The molecule has 1 saturated heterocycles. The maximum atomic E-state index is 13.1. The number of carbonyl (C=O) groups excluding carboxylic acids is 3. The zero-order valence-electron chi connectivity index (χ0n) is 13.8. The summed E-state index contributed by atoms with van der Waals surface area (Å²) in [6.07, 6.45) is 0.472. The second-order valence-electron chi connectivity index (χ2n) is 6.03. The molecule has 1 fully saturated rings. The van der Waals surface area contributed by atoms with Crippen LogP contribution in [0.5, 0.6) is 0 Å². The summed E-state index contributed by atoms with van der Waals surface area (Å²) in [5.74, 6) is -2.19. The topological polar surface area (TPSA) is 66.5 Å². The minimum absolute atomic E-state index is 0.00789. The number of nitrogens with zero attached hydrogens (tertiary/aromatic N) is 1. The van der Waals surface area contributed by atoms with Gasteiger partial charge < -0.3 is 5.32 Å². The van der Waals surface area contributed by atoms with E-state index in [0.29, 0.717) is 11.1 Å². The number of likely N-dealkylation sites (tertiary alicyclic amines) is 1. The van der Waals surface area contributed by atoms with Gasteiger partial charge in [0.2, 0.25) is 11.8 Å². The summed E-state index contributed by atoms with van der Waals surface area (Å²) in [5.41, 5.74) is 1.42. The highest BCUT2D eigenvalue weighted by Crippen LogP contribution is 2.16. The molecule has 0 bridgehead atoms. The van der Waals surface area contributed by atoms with Gasteiger partial charge in [0.15, 0.2) is 0 Å². The van der Waals surface area contributed by atoms with Crippen LogP contribution >= 0.6 is 0 Å². The Balaban J connectivity index is 1.60. The molecule has 7 heteroatoms. The largest absolute Gasteiger partial charge is 0.348 e. The summed E-state index contributed by atoms with van der Waals surface area (Å²) in [5, 5.41) is 2.59. The first-order valence-electron chi connectivity index (χ1n) is 8.07. The van der Waals surface area contributed by atoms with E-state index in [2.05, 4.69) is 5.32 Å². The number of carbonyl (C=O) groups is 3. The molecule has 0 atom stereocenters. The van der Waals surface area contributed by atoms with Crippen molar-refractivity contribution in [2.24, 2.45) is 0 Å². The fourth-order valence-electron chi connectivity index (χ4n) is 2.74. The van der Waals surface area contributed by atoms with Crippen LogP contribution in [0.2, 0.25) is 0 Å². The van der Waals surface area contributed by atoms with Gasteiger partial charge in [0, 0.05) is 31.0 Å². The van der Waals surface area contributed by atoms with E-state index in [4.69, 9.17) is 0 Å². The van der Waals surface area contributed by atoms with Crippen molar-refractivity contribution in [1.82, 2.24) is 10.2 Å². The number of benzene rings is 2. The Kier molecular flexibility index (Phi) is 5.06. The number of rotatable bonds is 5. The van der Waals surface area contributed by atoms with Crippen molar-refractivity contribution in [3.8, 4) is 0 Å². The van der Waals surface area contributed by atoms with Crippen molar-refractivity contribution in [1.29, 1.82) is 0 Å². The Bertz CT molecular complexity index is 829. The molecule has 3 amide bonds. The second kappa shape index (κ2) is 7.43. The lowest BCUT2D eigenvalue weighted by atomic mass is 10.1. The van der Waals surface area contributed by atoms with Crippen molar-refractivity contribution in [2.75, 3.05) is 0 Å². The van der Waals surface area contributed by atoms with E-state index in [1.54, 1.807) is 24.3 Å². The zero-order chi connectivity index (χ0) is 18.7. The molecule has 3 rings (SSSR count). The molecule has 2 aromatic rings. The van der Waals surface area contributed by atoms with Crippen molar-refractivity contribution in [3.63, 3.8) is 0 Å². The SMILES string of the molecule is O=C(NCc1cc(F)cc(F)c1)c1ccc(CN2C(=O)CCC2=O)cc1. The molecule has 0 aliphatic carbocycles. The third-order valence-electron chi connectivity index (χ3n) is 4.09. The lowest BCUT2D eigenvalue weighted by Gasteiger charge is -2.14. The van der Waals surface area contributed by atoms with E-state index in [1.165, 1.54) is 4.90 Å². The predicted molar refractivity (Wildman–Crippen MR) is 88.8 cm³/mol. The lowest BCUT2D eigenvalue weighted by Crippen LogP contribution is -2.28. The minimum atomic E-state index is -0.704. The molecule has 1 N–H and O–H groups in total. The molecule has 0 spiro atoms. The molecular weight excluding hydrogens is 342 g/mol. The monoisotopic (exact) mass is 358 g/mol. The van der Waals surface area contributed by atoms with Crippen molar-refractivity contribution >= 4 is 17.7 Å². The molecule has 0 unspecified atom stereocenters. The molecule has 0 saturated carbocycles. The zero-order valence-corrected chi connectivity index (χ0v) is 13.8. The van der Waals surface area contributed by atoms with Gasteiger partial charge in [-0.1, -0.05) is 12.1 Å². The molecule has 1 heterocycles. The Morgan fingerprint density at radius 1 is 0.923 bits per heavy atom. The fraction of sp³-hybridized carbons (Fsp3) is 0.211. The Hall–Kier alpha value is -3.09. The quantitative estimate of drug-likeness (QED) is 0.836. The number of imide groups is 1. The van der Waals surface area contributed by atoms with Crippen molar-refractivity contribution < 1.29 is 23.2 Å². The van der Waals surface area contributed by atoms with Gasteiger partial charge in [-0.25, -0.2) is 8.78 Å². The van der Waals surface area contributed by atoms with Crippen LogP contribution in [0.25, 0.3) is 0 Å². The average molecular weight is 358 g/mol. The standard InChI is InChI=1S/C19H16F2N2O3/c20-15-7-13(8-16(21)9-15)10-22-19(26)14-3-1-12(2-4-14)11-23-17(24)5-6-18(23)25/h1-4,7-9H,5-6,10-11H2,(H,22,26). The van der Waals surface area contributed by atoms with Crippen LogP contribution in [0.3, 0.4) is 0 Å². The molecule has 0 radical (unpaired) electrons. The third kappa shape index (κ3) is 4.11. The van der Waals surface area contributed by atoms with E-state index in [-0.39, 0.29) is 37.7 Å². The minimum Gasteiger partial charge on any atom is -0.348 e. The molecule has 1 aliphatic heterocycles. The van der Waals surface area contributed by atoms with Gasteiger partial charge >= 0.3 is 0 Å². The van der Waals surface area contributed by atoms with E-state index in [0.717, 1.165) is 23.8 Å². The highest BCUT2D eigenvalue weighted by molar-refractivity contribution is 6.01. The predicted octanol–water partition coefficient (Wildman–Crippen LogP) is 2.54. The first-order chi connectivity index (χ1) is 12.4. The Morgan fingerprint density at radius 2 is 1.50 bits per heavy atom. The maximum absolute atomic E-state index is 13.1. The Morgan fingerprint density at radius 3 is 2.08 bits per heavy atom. The molecule has 1 aliphatic rings. The van der Waals surface area contributed by atoms with Crippen LogP contribution in [0.1, 0.15) is 34.3 Å². The third-order valence-corrected chi connectivity index (χ3v) is 4.09. The molecule has 26 heavy (non-hydrogen) atoms. The summed E-state index contributed by atoms with van der Waals surface area (Å²) < 4.78 is 26.3. The van der Waals surface area contributed by atoms with Crippen molar-refractivity contribution in [3.05, 3.63) is 70.8 Å². The van der Waals surface area contributed by atoms with Crippen LogP contribution in [0, 0.1) is 11.6 Å². The van der Waals surface area contributed by atoms with Gasteiger partial charge in [0.1, 0.15) is 11.6 Å². The van der Waals surface area contributed by atoms with Gasteiger partial charge in [-0.2, -0.15) is 0 Å². The fourth-order valence-corrected chi connectivity index (χ4v) is 2.74. The average Bonchev–Trinajstić information content (AvgIpc) is 2.91. The first kappa shape index (κ1) is 17.7. The summed E-state index contributed by atoms with van der Waals surface area (Å²) in [6, 6.07) is 9.53. The van der Waals surface area contributed by atoms with E-state index < -0.39 is 17.5 Å². The van der Waals surface area contributed by atoms with E-state index in [9.17, 15) is 23.2 Å². The molecular formula is C19H16F2N2O3. The highest BCUT2D eigenvalue weighted by atomic mass is 19.1. The van der Waals surface area contributed by atoms with Gasteiger partial charge in [0.25, 0.3) is 5.91 Å².